The van der Waals surface area contributed by atoms with Crippen molar-refractivity contribution in [2.45, 2.75) is 6.92 Å². The second kappa shape index (κ2) is 4.70. The van der Waals surface area contributed by atoms with E-state index in [0.717, 1.165) is 16.6 Å². The van der Waals surface area contributed by atoms with Crippen molar-refractivity contribution in [1.29, 1.82) is 0 Å². The van der Waals surface area contributed by atoms with Crippen LogP contribution in [0.2, 0.25) is 0 Å². The van der Waals surface area contributed by atoms with E-state index in [9.17, 15) is 10.1 Å². The lowest BCUT2D eigenvalue weighted by Crippen LogP contribution is -1.91. The van der Waals surface area contributed by atoms with Crippen LogP contribution in [0.5, 0.6) is 0 Å². The third-order valence-electron chi connectivity index (χ3n) is 3.05. The zero-order valence-electron chi connectivity index (χ0n) is 10.8. The summed E-state index contributed by atoms with van der Waals surface area (Å²) in [6.45, 7) is 1.99. The molecular weight excluding hydrogens is 254 g/mol. The molecule has 0 saturated heterocycles. The smallest absolute Gasteiger partial charge is 0.258 e. The number of non-ortho nitro benzene ring substituents is 1. The lowest BCUT2D eigenvalue weighted by atomic mass is 10.1. The van der Waals surface area contributed by atoms with Crippen molar-refractivity contribution < 1.29 is 4.92 Å². The Morgan fingerprint density at radius 1 is 1.10 bits per heavy atom. The molecule has 20 heavy (non-hydrogen) atoms. The minimum absolute atomic E-state index is 0.0497. The normalized spacial score (nSPS) is 10.7. The van der Waals surface area contributed by atoms with Crippen LogP contribution in [0.1, 0.15) is 5.56 Å². The molecule has 0 aliphatic carbocycles. The van der Waals surface area contributed by atoms with E-state index in [0.29, 0.717) is 11.3 Å². The largest absolute Gasteiger partial charge is 0.270 e. The summed E-state index contributed by atoms with van der Waals surface area (Å²) >= 11 is 0. The average Bonchev–Trinajstić information content (AvgIpc) is 2.46. The number of hydrogen-bond acceptors (Lipinski definition) is 4. The van der Waals surface area contributed by atoms with Gasteiger partial charge in [0.2, 0.25) is 0 Å². The van der Waals surface area contributed by atoms with Crippen LogP contribution in [0.3, 0.4) is 0 Å². The Balaban J connectivity index is 2.14. The maximum Gasteiger partial charge on any atom is 0.270 e. The van der Waals surface area contributed by atoms with E-state index < -0.39 is 4.92 Å². The number of nitrogens with zero attached hydrogens (tertiary/aromatic N) is 3. The molecule has 0 unspecified atom stereocenters. The third kappa shape index (κ3) is 2.21. The first kappa shape index (κ1) is 12.2. The molecule has 0 aliphatic heterocycles. The molecule has 98 valence electrons. The van der Waals surface area contributed by atoms with Crippen molar-refractivity contribution in [3.8, 4) is 11.3 Å². The molecule has 2 aromatic carbocycles. The Morgan fingerprint density at radius 2 is 1.95 bits per heavy atom. The number of aromatic nitrogens is 2. The van der Waals surface area contributed by atoms with Gasteiger partial charge in [-0.2, -0.15) is 0 Å². The minimum atomic E-state index is -0.415. The second-order valence-electron chi connectivity index (χ2n) is 4.55. The monoisotopic (exact) mass is 265 g/mol. The van der Waals surface area contributed by atoms with Gasteiger partial charge in [0, 0.05) is 17.7 Å². The summed E-state index contributed by atoms with van der Waals surface area (Å²) in [4.78, 5) is 19.3. The predicted molar refractivity (Wildman–Crippen MR) is 76.4 cm³/mol. The van der Waals surface area contributed by atoms with Gasteiger partial charge < -0.3 is 0 Å². The zero-order valence-corrected chi connectivity index (χ0v) is 10.8. The predicted octanol–water partition coefficient (Wildman–Crippen LogP) is 3.51. The maximum atomic E-state index is 10.8. The molecule has 0 aliphatic rings. The topological polar surface area (TPSA) is 68.9 Å². The first-order valence-electron chi connectivity index (χ1n) is 6.12. The molecule has 1 aromatic heterocycles. The summed E-state index contributed by atoms with van der Waals surface area (Å²) in [6.07, 6.45) is 1.64. The highest BCUT2D eigenvalue weighted by Gasteiger charge is 2.09. The summed E-state index contributed by atoms with van der Waals surface area (Å²) < 4.78 is 0. The van der Waals surface area contributed by atoms with Crippen LogP contribution >= 0.6 is 0 Å². The van der Waals surface area contributed by atoms with Crippen molar-refractivity contribution in [1.82, 2.24) is 9.97 Å². The summed E-state index contributed by atoms with van der Waals surface area (Å²) in [7, 11) is 0. The zero-order chi connectivity index (χ0) is 14.1. The number of nitro groups is 1. The van der Waals surface area contributed by atoms with E-state index in [1.165, 1.54) is 12.1 Å². The average molecular weight is 265 g/mol. The SMILES string of the molecule is Cc1ccc2ncc(-c3cccc([N+](=O)[O-])c3)nc2c1. The first-order chi connectivity index (χ1) is 9.63. The first-order valence-corrected chi connectivity index (χ1v) is 6.12. The van der Waals surface area contributed by atoms with Gasteiger partial charge in [0.1, 0.15) is 0 Å². The Hall–Kier alpha value is -2.82. The van der Waals surface area contributed by atoms with Crippen LogP contribution in [0.25, 0.3) is 22.3 Å². The van der Waals surface area contributed by atoms with Gasteiger partial charge in [0.25, 0.3) is 5.69 Å². The van der Waals surface area contributed by atoms with Crippen LogP contribution in [0, 0.1) is 17.0 Å². The number of fused-ring (bicyclic) bond motifs is 1. The highest BCUT2D eigenvalue weighted by Crippen LogP contribution is 2.23. The number of benzene rings is 2. The lowest BCUT2D eigenvalue weighted by molar-refractivity contribution is -0.384. The molecule has 0 amide bonds. The van der Waals surface area contributed by atoms with Crippen molar-refractivity contribution in [2.24, 2.45) is 0 Å². The molecule has 1 heterocycles. The fourth-order valence-electron chi connectivity index (χ4n) is 2.04. The van der Waals surface area contributed by atoms with E-state index in [1.807, 2.05) is 25.1 Å². The molecular formula is C15H11N3O2. The Kier molecular flexibility index (Phi) is 2.87. The van der Waals surface area contributed by atoms with Gasteiger partial charge in [-0.15, -0.1) is 0 Å². The van der Waals surface area contributed by atoms with Crippen LogP contribution in [0.15, 0.2) is 48.7 Å². The summed E-state index contributed by atoms with van der Waals surface area (Å²) in [5.74, 6) is 0. The minimum Gasteiger partial charge on any atom is -0.258 e. The highest BCUT2D eigenvalue weighted by molar-refractivity contribution is 5.78. The molecule has 0 saturated carbocycles. The van der Waals surface area contributed by atoms with Crippen LogP contribution < -0.4 is 0 Å². The lowest BCUT2D eigenvalue weighted by Gasteiger charge is -2.03. The van der Waals surface area contributed by atoms with Crippen molar-refractivity contribution in [3.05, 3.63) is 64.3 Å². The van der Waals surface area contributed by atoms with Gasteiger partial charge >= 0.3 is 0 Å². The Labute approximate surface area is 115 Å². The number of nitro benzene ring substituents is 1. The molecule has 3 aromatic rings. The van der Waals surface area contributed by atoms with E-state index in [-0.39, 0.29) is 5.69 Å². The fourth-order valence-corrected chi connectivity index (χ4v) is 2.04. The molecule has 5 heteroatoms. The van der Waals surface area contributed by atoms with Gasteiger partial charge in [-0.05, 0) is 24.6 Å². The Morgan fingerprint density at radius 3 is 2.75 bits per heavy atom. The second-order valence-corrected chi connectivity index (χ2v) is 4.55. The summed E-state index contributed by atoms with van der Waals surface area (Å²) in [6, 6.07) is 12.2. The van der Waals surface area contributed by atoms with Gasteiger partial charge in [0.15, 0.2) is 0 Å². The van der Waals surface area contributed by atoms with Crippen LogP contribution in [0.4, 0.5) is 5.69 Å². The molecule has 5 nitrogen and oxygen atoms in total. The van der Waals surface area contributed by atoms with Crippen LogP contribution in [-0.2, 0) is 0 Å². The van der Waals surface area contributed by atoms with E-state index in [2.05, 4.69) is 9.97 Å². The van der Waals surface area contributed by atoms with Crippen molar-refractivity contribution in [2.75, 3.05) is 0 Å². The van der Waals surface area contributed by atoms with Gasteiger partial charge in [-0.1, -0.05) is 18.2 Å². The summed E-state index contributed by atoms with van der Waals surface area (Å²) in [5, 5.41) is 10.8. The number of aryl methyl sites for hydroxylation is 1. The standard InChI is InChI=1S/C15H11N3O2/c1-10-5-6-13-14(7-10)17-15(9-16-13)11-3-2-4-12(8-11)18(19)20/h2-9H,1H3. The van der Waals surface area contributed by atoms with E-state index in [1.54, 1.807) is 18.3 Å². The molecule has 0 fully saturated rings. The molecule has 0 bridgehead atoms. The van der Waals surface area contributed by atoms with Crippen molar-refractivity contribution >= 4 is 16.7 Å². The number of rotatable bonds is 2. The van der Waals surface area contributed by atoms with E-state index >= 15 is 0 Å². The number of hydrogen-bond donors (Lipinski definition) is 0. The van der Waals surface area contributed by atoms with E-state index in [4.69, 9.17) is 0 Å². The molecule has 0 radical (unpaired) electrons. The van der Waals surface area contributed by atoms with Gasteiger partial charge in [-0.3, -0.25) is 15.1 Å². The maximum absolute atomic E-state index is 10.8. The fraction of sp³-hybridized carbons (Fsp3) is 0.0667. The van der Waals surface area contributed by atoms with Crippen LogP contribution in [-0.4, -0.2) is 14.9 Å². The molecule has 3 rings (SSSR count). The third-order valence-corrected chi connectivity index (χ3v) is 3.05. The van der Waals surface area contributed by atoms with Crippen molar-refractivity contribution in [3.63, 3.8) is 0 Å². The summed E-state index contributed by atoms with van der Waals surface area (Å²) in [5.41, 5.74) is 4.07. The van der Waals surface area contributed by atoms with Gasteiger partial charge in [-0.25, -0.2) is 4.98 Å². The molecule has 0 atom stereocenters. The van der Waals surface area contributed by atoms with Gasteiger partial charge in [0.05, 0.1) is 27.8 Å². The Bertz CT molecular complexity index is 815. The quantitative estimate of drug-likeness (QED) is 0.525. The highest BCUT2D eigenvalue weighted by atomic mass is 16.6. The molecule has 0 spiro atoms. The molecule has 0 N–H and O–H groups in total.